The molecular formula is C30H22N4S2. The molecule has 36 heavy (non-hydrogen) atoms. The van der Waals surface area contributed by atoms with E-state index in [9.17, 15) is 0 Å². The van der Waals surface area contributed by atoms with Crippen LogP contribution in [0.4, 0.5) is 0 Å². The Kier molecular flexibility index (Phi) is 4.58. The van der Waals surface area contributed by atoms with E-state index in [0.29, 0.717) is 0 Å². The SMILES string of the molecule is Cc1ccc(-c2cc3/c(=N\N)c4cc5c(cc4c3s2)/c(=N/N)c2cc(-c3ccc(C)cc3)sc25)cc1. The van der Waals surface area contributed by atoms with E-state index >= 15 is 0 Å². The minimum absolute atomic E-state index is 0.840. The molecule has 0 fully saturated rings. The Labute approximate surface area is 215 Å². The van der Waals surface area contributed by atoms with Crippen molar-refractivity contribution in [1.29, 1.82) is 0 Å². The fraction of sp³-hybridized carbons (Fsp3) is 0.0667. The summed E-state index contributed by atoms with van der Waals surface area (Å²) in [5.74, 6) is 11.9. The van der Waals surface area contributed by atoms with Crippen LogP contribution in [0.15, 0.2) is 83.0 Å². The predicted molar refractivity (Wildman–Crippen MR) is 154 cm³/mol. The lowest BCUT2D eigenvalue weighted by Crippen LogP contribution is -2.04. The summed E-state index contributed by atoms with van der Waals surface area (Å²) in [6.45, 7) is 4.21. The van der Waals surface area contributed by atoms with Crippen molar-refractivity contribution in [2.75, 3.05) is 0 Å². The van der Waals surface area contributed by atoms with Crippen molar-refractivity contribution in [3.8, 4) is 20.9 Å². The first-order valence-corrected chi connectivity index (χ1v) is 13.4. The Balaban J connectivity index is 1.51. The molecule has 0 bridgehead atoms. The first kappa shape index (κ1) is 21.3. The van der Waals surface area contributed by atoms with Gasteiger partial charge in [-0.2, -0.15) is 10.2 Å². The third-order valence-corrected chi connectivity index (χ3v) is 9.50. The highest BCUT2D eigenvalue weighted by molar-refractivity contribution is 7.23. The first-order chi connectivity index (χ1) is 17.6. The zero-order valence-electron chi connectivity index (χ0n) is 19.8. The van der Waals surface area contributed by atoms with Gasteiger partial charge < -0.3 is 11.7 Å². The van der Waals surface area contributed by atoms with Crippen molar-refractivity contribution < 1.29 is 0 Å². The number of nitrogens with zero attached hydrogens (tertiary/aromatic N) is 2. The van der Waals surface area contributed by atoms with Gasteiger partial charge in [0, 0.05) is 51.5 Å². The van der Waals surface area contributed by atoms with Crippen LogP contribution in [0.2, 0.25) is 0 Å². The van der Waals surface area contributed by atoms with E-state index in [1.807, 2.05) is 0 Å². The normalized spacial score (nSPS) is 13.3. The number of hydrogen-bond acceptors (Lipinski definition) is 6. The van der Waals surface area contributed by atoms with E-state index in [1.54, 1.807) is 22.7 Å². The molecule has 7 rings (SSSR count). The van der Waals surface area contributed by atoms with Crippen molar-refractivity contribution in [2.24, 2.45) is 21.9 Å². The Hall–Kier alpha value is -4.00. The molecule has 0 saturated carbocycles. The van der Waals surface area contributed by atoms with E-state index in [0.717, 1.165) is 43.0 Å². The zero-order valence-corrected chi connectivity index (χ0v) is 21.4. The molecular weight excluding hydrogens is 480 g/mol. The van der Waals surface area contributed by atoms with Gasteiger partial charge >= 0.3 is 0 Å². The topological polar surface area (TPSA) is 76.8 Å². The Morgan fingerprint density at radius 2 is 0.889 bits per heavy atom. The van der Waals surface area contributed by atoms with Gasteiger partial charge in [0.05, 0.1) is 10.7 Å². The number of benzene rings is 3. The summed E-state index contributed by atoms with van der Waals surface area (Å²) in [6.07, 6.45) is 0. The highest BCUT2D eigenvalue weighted by Crippen LogP contribution is 2.42. The molecule has 0 atom stereocenters. The van der Waals surface area contributed by atoms with Gasteiger partial charge in [-0.05, 0) is 49.2 Å². The number of nitrogens with two attached hydrogens (primary N) is 2. The molecule has 2 heterocycles. The molecule has 4 N–H and O–H groups in total. The van der Waals surface area contributed by atoms with Crippen LogP contribution in [-0.2, 0) is 0 Å². The van der Waals surface area contributed by atoms with E-state index in [4.69, 9.17) is 11.7 Å². The van der Waals surface area contributed by atoms with Crippen LogP contribution < -0.4 is 22.4 Å². The average Bonchev–Trinajstić information content (AvgIpc) is 3.62. The van der Waals surface area contributed by atoms with Crippen molar-refractivity contribution >= 4 is 64.4 Å². The van der Waals surface area contributed by atoms with Crippen LogP contribution in [0.1, 0.15) is 11.1 Å². The minimum atomic E-state index is 0.840. The highest BCUT2D eigenvalue weighted by atomic mass is 32.1. The molecule has 0 aliphatic carbocycles. The number of aryl methyl sites for hydroxylation is 2. The summed E-state index contributed by atoms with van der Waals surface area (Å²) >= 11 is 3.56. The molecule has 174 valence electrons. The molecule has 2 aromatic heterocycles. The maximum atomic E-state index is 5.97. The molecule has 0 unspecified atom stereocenters. The minimum Gasteiger partial charge on any atom is -0.323 e. The van der Waals surface area contributed by atoms with Gasteiger partial charge in [-0.3, -0.25) is 0 Å². The smallest absolute Gasteiger partial charge is 0.0993 e. The Bertz CT molecular complexity index is 1910. The average molecular weight is 503 g/mol. The lowest BCUT2D eigenvalue weighted by atomic mass is 10.1. The second-order valence-corrected chi connectivity index (χ2v) is 11.4. The van der Waals surface area contributed by atoms with Crippen LogP contribution in [0.3, 0.4) is 0 Å². The molecule has 4 nitrogen and oxygen atoms in total. The van der Waals surface area contributed by atoms with Crippen LogP contribution in [0, 0.1) is 13.8 Å². The molecule has 5 aromatic carbocycles. The molecule has 0 spiro atoms. The van der Waals surface area contributed by atoms with Gasteiger partial charge in [-0.1, -0.05) is 59.7 Å². The van der Waals surface area contributed by atoms with Gasteiger partial charge in [-0.25, -0.2) is 0 Å². The summed E-state index contributed by atoms with van der Waals surface area (Å²) < 4.78 is 2.39. The van der Waals surface area contributed by atoms with Gasteiger partial charge in [0.25, 0.3) is 0 Å². The third-order valence-electron chi connectivity index (χ3n) is 7.06. The summed E-state index contributed by atoms with van der Waals surface area (Å²) in [7, 11) is 0. The van der Waals surface area contributed by atoms with Crippen molar-refractivity contribution in [3.05, 3.63) is 94.6 Å². The van der Waals surface area contributed by atoms with E-state index < -0.39 is 0 Å². The van der Waals surface area contributed by atoms with E-state index in [2.05, 4.69) is 96.8 Å². The quantitative estimate of drug-likeness (QED) is 0.201. The molecule has 7 aromatic rings. The summed E-state index contributed by atoms with van der Waals surface area (Å²) in [6, 6.07) is 26.1. The number of fused-ring (bicyclic) bond motifs is 6. The second kappa shape index (κ2) is 7.75. The van der Waals surface area contributed by atoms with Gasteiger partial charge in [0.15, 0.2) is 0 Å². The summed E-state index contributed by atoms with van der Waals surface area (Å²) in [4.78, 5) is 2.42. The molecule has 0 amide bonds. The molecule has 0 aliphatic rings. The van der Waals surface area contributed by atoms with Crippen molar-refractivity contribution in [2.45, 2.75) is 13.8 Å². The number of hydrogen-bond donors (Lipinski definition) is 2. The molecule has 6 heteroatoms. The number of rotatable bonds is 2. The Morgan fingerprint density at radius 3 is 1.25 bits per heavy atom. The van der Waals surface area contributed by atoms with Crippen molar-refractivity contribution in [3.63, 3.8) is 0 Å². The maximum Gasteiger partial charge on any atom is 0.0993 e. The predicted octanol–water partition coefficient (Wildman–Crippen LogP) is 6.80. The van der Waals surface area contributed by atoms with Crippen LogP contribution in [-0.4, -0.2) is 0 Å². The lowest BCUT2D eigenvalue weighted by molar-refractivity contribution is 1.17. The fourth-order valence-corrected chi connectivity index (χ4v) is 7.58. The summed E-state index contributed by atoms with van der Waals surface area (Å²) in [5.41, 5.74) is 4.90. The van der Waals surface area contributed by atoms with Crippen LogP contribution in [0.5, 0.6) is 0 Å². The Morgan fingerprint density at radius 1 is 0.500 bits per heavy atom. The zero-order chi connectivity index (χ0) is 24.6. The lowest BCUT2D eigenvalue weighted by Gasteiger charge is -1.99. The monoisotopic (exact) mass is 502 g/mol. The van der Waals surface area contributed by atoms with E-state index in [-0.39, 0.29) is 0 Å². The standard InChI is InChI=1S/C30H22N4S2/c1-15-3-7-17(8-4-15)25-13-23-27(33-31)19-12-22-20(11-21(19)29(23)35-25)28(34-32)24-14-26(36-30(22)24)18-9-5-16(2)6-10-18/h3-14H,31-32H2,1-2H3/b33-27-,34-28-. The second-order valence-electron chi connectivity index (χ2n) is 9.34. The number of thiophene rings is 2. The van der Waals surface area contributed by atoms with Gasteiger partial charge in [0.1, 0.15) is 0 Å². The van der Waals surface area contributed by atoms with Crippen LogP contribution in [0.25, 0.3) is 62.6 Å². The fourth-order valence-electron chi connectivity index (χ4n) is 5.19. The third kappa shape index (κ3) is 2.98. The van der Waals surface area contributed by atoms with Gasteiger partial charge in [-0.15, -0.1) is 22.7 Å². The van der Waals surface area contributed by atoms with Crippen LogP contribution >= 0.6 is 22.7 Å². The maximum absolute atomic E-state index is 5.97. The molecule has 0 aliphatic heterocycles. The highest BCUT2D eigenvalue weighted by Gasteiger charge is 2.19. The molecule has 0 saturated heterocycles. The molecule has 0 radical (unpaired) electrons. The van der Waals surface area contributed by atoms with E-state index in [1.165, 1.54) is 41.4 Å². The van der Waals surface area contributed by atoms with Gasteiger partial charge in [0.2, 0.25) is 0 Å². The first-order valence-electron chi connectivity index (χ1n) is 11.7. The van der Waals surface area contributed by atoms with Crippen molar-refractivity contribution in [1.82, 2.24) is 0 Å². The largest absolute Gasteiger partial charge is 0.323 e. The summed E-state index contributed by atoms with van der Waals surface area (Å²) in [5, 5.41) is 16.8.